The maximum atomic E-state index is 4.96. The Labute approximate surface area is 172 Å². The van der Waals surface area contributed by atoms with Crippen LogP contribution in [0, 0.1) is 0 Å². The second-order valence-electron chi connectivity index (χ2n) is 8.63. The molecule has 0 aliphatic carbocycles. The summed E-state index contributed by atoms with van der Waals surface area (Å²) in [7, 11) is 0. The van der Waals surface area contributed by atoms with Gasteiger partial charge in [-0.1, -0.05) is 58.0 Å². The van der Waals surface area contributed by atoms with Gasteiger partial charge in [-0.25, -0.2) is 4.98 Å². The van der Waals surface area contributed by atoms with E-state index in [1.807, 2.05) is 0 Å². The van der Waals surface area contributed by atoms with Gasteiger partial charge in [0.25, 0.3) is 0 Å². The van der Waals surface area contributed by atoms with Crippen LogP contribution in [0.3, 0.4) is 0 Å². The van der Waals surface area contributed by atoms with E-state index in [9.17, 15) is 0 Å². The summed E-state index contributed by atoms with van der Waals surface area (Å²) >= 11 is 0. The standard InChI is InChI=1S/C25H28N4/c1-16(2)18-10-7-11-19(17(3)4)23(18)22-15-27-24-20-9-5-6-12-21(20)28-14-8-13-26-25(28)29(22)24/h5-7,9-12,15-17H,8,13-14H2,1-4H3. The molecule has 0 fully saturated rings. The van der Waals surface area contributed by atoms with Crippen LogP contribution in [0.25, 0.3) is 22.6 Å². The van der Waals surface area contributed by atoms with E-state index in [4.69, 9.17) is 9.98 Å². The highest BCUT2D eigenvalue weighted by atomic mass is 15.4. The summed E-state index contributed by atoms with van der Waals surface area (Å²) in [5, 5.41) is 0. The number of para-hydroxylation sites is 1. The number of imidazole rings is 1. The molecule has 0 atom stereocenters. The first kappa shape index (κ1) is 18.2. The third-order valence-electron chi connectivity index (χ3n) is 6.06. The lowest BCUT2D eigenvalue weighted by Gasteiger charge is -2.36. The molecule has 0 bridgehead atoms. The van der Waals surface area contributed by atoms with E-state index in [-0.39, 0.29) is 0 Å². The first-order chi connectivity index (χ1) is 14.1. The number of hydrogen-bond acceptors (Lipinski definition) is 3. The van der Waals surface area contributed by atoms with Crippen molar-refractivity contribution < 1.29 is 0 Å². The van der Waals surface area contributed by atoms with Crippen molar-refractivity contribution in [1.82, 2.24) is 9.55 Å². The van der Waals surface area contributed by atoms with Crippen molar-refractivity contribution in [2.45, 2.75) is 46.0 Å². The molecule has 0 N–H and O–H groups in total. The number of rotatable bonds is 3. The minimum atomic E-state index is 0.440. The average Bonchev–Trinajstić information content (AvgIpc) is 3.18. The van der Waals surface area contributed by atoms with Crippen LogP contribution >= 0.6 is 0 Å². The molecule has 148 valence electrons. The van der Waals surface area contributed by atoms with Gasteiger partial charge in [0.15, 0.2) is 0 Å². The molecular formula is C25H28N4. The highest BCUT2D eigenvalue weighted by Gasteiger charge is 2.33. The Morgan fingerprint density at radius 1 is 0.897 bits per heavy atom. The van der Waals surface area contributed by atoms with Gasteiger partial charge in [0.1, 0.15) is 5.82 Å². The first-order valence-corrected chi connectivity index (χ1v) is 10.7. The van der Waals surface area contributed by atoms with Crippen molar-refractivity contribution in [2.24, 2.45) is 4.99 Å². The molecule has 3 aromatic rings. The number of nitrogens with zero attached hydrogens (tertiary/aromatic N) is 4. The summed E-state index contributed by atoms with van der Waals surface area (Å²) in [5.41, 5.74) is 7.64. The van der Waals surface area contributed by atoms with E-state index in [2.05, 4.69) is 85.8 Å². The molecule has 3 heterocycles. The highest BCUT2D eigenvalue weighted by molar-refractivity contribution is 6.08. The molecule has 5 rings (SSSR count). The second-order valence-corrected chi connectivity index (χ2v) is 8.63. The zero-order chi connectivity index (χ0) is 20.1. The molecule has 0 saturated carbocycles. The average molecular weight is 385 g/mol. The molecule has 1 aromatic heterocycles. The van der Waals surface area contributed by atoms with Crippen molar-refractivity contribution in [1.29, 1.82) is 0 Å². The number of benzene rings is 2. The molecule has 0 unspecified atom stereocenters. The van der Waals surface area contributed by atoms with E-state index in [0.717, 1.165) is 37.0 Å². The van der Waals surface area contributed by atoms with Crippen LogP contribution in [0.1, 0.15) is 57.1 Å². The molecular weight excluding hydrogens is 356 g/mol. The molecule has 2 aromatic carbocycles. The molecule has 0 amide bonds. The van der Waals surface area contributed by atoms with Gasteiger partial charge in [-0.2, -0.15) is 0 Å². The quantitative estimate of drug-likeness (QED) is 0.564. The fourth-order valence-corrected chi connectivity index (χ4v) is 4.68. The van der Waals surface area contributed by atoms with Crippen molar-refractivity contribution in [2.75, 3.05) is 18.0 Å². The minimum Gasteiger partial charge on any atom is -0.311 e. The summed E-state index contributed by atoms with van der Waals surface area (Å²) < 4.78 is 2.30. The zero-order valence-corrected chi connectivity index (χ0v) is 17.7. The predicted octanol–water partition coefficient (Wildman–Crippen LogP) is 5.89. The van der Waals surface area contributed by atoms with E-state index < -0.39 is 0 Å². The smallest absolute Gasteiger partial charge is 0.211 e. The zero-order valence-electron chi connectivity index (χ0n) is 17.7. The Hall–Kier alpha value is -2.88. The summed E-state index contributed by atoms with van der Waals surface area (Å²) in [6, 6.07) is 15.3. The number of fused-ring (bicyclic) bond motifs is 6. The molecule has 4 heteroatoms. The van der Waals surface area contributed by atoms with Crippen LogP contribution in [0.2, 0.25) is 0 Å². The third-order valence-corrected chi connectivity index (χ3v) is 6.06. The normalized spacial score (nSPS) is 15.2. The van der Waals surface area contributed by atoms with Crippen LogP contribution in [0.5, 0.6) is 0 Å². The summed E-state index contributed by atoms with van der Waals surface area (Å²) in [6.07, 6.45) is 3.14. The first-order valence-electron chi connectivity index (χ1n) is 10.7. The van der Waals surface area contributed by atoms with Crippen molar-refractivity contribution in [3.63, 3.8) is 0 Å². The van der Waals surface area contributed by atoms with Crippen molar-refractivity contribution in [3.8, 4) is 22.6 Å². The van der Waals surface area contributed by atoms with Gasteiger partial charge in [-0.15, -0.1) is 0 Å². The lowest BCUT2D eigenvalue weighted by molar-refractivity contribution is 0.762. The lowest BCUT2D eigenvalue weighted by Crippen LogP contribution is -2.43. The van der Waals surface area contributed by atoms with Gasteiger partial charge < -0.3 is 4.90 Å². The minimum absolute atomic E-state index is 0.440. The fourth-order valence-electron chi connectivity index (χ4n) is 4.68. The van der Waals surface area contributed by atoms with Crippen LogP contribution in [0.15, 0.2) is 53.7 Å². The van der Waals surface area contributed by atoms with Crippen molar-refractivity contribution in [3.05, 3.63) is 59.8 Å². The Morgan fingerprint density at radius 2 is 1.62 bits per heavy atom. The summed E-state index contributed by atoms with van der Waals surface area (Å²) in [6.45, 7) is 11.0. The largest absolute Gasteiger partial charge is 0.311 e. The number of hydrogen-bond donors (Lipinski definition) is 0. The number of aromatic nitrogens is 2. The molecule has 0 radical (unpaired) electrons. The highest BCUT2D eigenvalue weighted by Crippen LogP contribution is 2.42. The van der Waals surface area contributed by atoms with Crippen LogP contribution in [-0.4, -0.2) is 28.6 Å². The summed E-state index contributed by atoms with van der Waals surface area (Å²) in [4.78, 5) is 12.3. The maximum absolute atomic E-state index is 4.96. The van der Waals surface area contributed by atoms with E-state index in [1.165, 1.54) is 27.9 Å². The topological polar surface area (TPSA) is 33.4 Å². The third kappa shape index (κ3) is 2.73. The molecule has 0 saturated heterocycles. The van der Waals surface area contributed by atoms with Gasteiger partial charge in [0.05, 0.1) is 17.6 Å². The number of aliphatic imine (C=N–C) groups is 1. The van der Waals surface area contributed by atoms with Gasteiger partial charge in [0, 0.05) is 24.2 Å². The number of anilines is 1. The van der Waals surface area contributed by atoms with Crippen LogP contribution < -0.4 is 4.90 Å². The molecule has 2 aliphatic rings. The lowest BCUT2D eigenvalue weighted by atomic mass is 9.87. The van der Waals surface area contributed by atoms with Crippen LogP contribution in [0.4, 0.5) is 5.69 Å². The Bertz CT molecular complexity index is 1080. The van der Waals surface area contributed by atoms with Gasteiger partial charge in [0.2, 0.25) is 5.96 Å². The maximum Gasteiger partial charge on any atom is 0.211 e. The van der Waals surface area contributed by atoms with Gasteiger partial charge in [-0.3, -0.25) is 9.56 Å². The predicted molar refractivity (Wildman–Crippen MR) is 121 cm³/mol. The fraction of sp³-hybridized carbons (Fsp3) is 0.360. The molecule has 4 nitrogen and oxygen atoms in total. The Balaban J connectivity index is 1.83. The van der Waals surface area contributed by atoms with Gasteiger partial charge >= 0.3 is 0 Å². The Kier molecular flexibility index (Phi) is 4.30. The van der Waals surface area contributed by atoms with Gasteiger partial charge in [-0.05, 0) is 41.5 Å². The Morgan fingerprint density at radius 3 is 2.34 bits per heavy atom. The van der Waals surface area contributed by atoms with Crippen molar-refractivity contribution >= 4 is 11.6 Å². The molecule has 0 spiro atoms. The SMILES string of the molecule is CC(C)c1cccc(C(C)C)c1-c1cnc2n1C1=NCCCN1c1ccccc1-2. The summed E-state index contributed by atoms with van der Waals surface area (Å²) in [5.74, 6) is 2.90. The molecule has 29 heavy (non-hydrogen) atoms. The second kappa shape index (κ2) is 6.87. The van der Waals surface area contributed by atoms with E-state index >= 15 is 0 Å². The monoisotopic (exact) mass is 384 g/mol. The molecule has 2 aliphatic heterocycles. The van der Waals surface area contributed by atoms with E-state index in [0.29, 0.717) is 11.8 Å². The van der Waals surface area contributed by atoms with Crippen LogP contribution in [-0.2, 0) is 0 Å². The van der Waals surface area contributed by atoms with E-state index in [1.54, 1.807) is 0 Å².